The molecule has 0 bridgehead atoms. The van der Waals surface area contributed by atoms with E-state index in [0.717, 1.165) is 45.0 Å². The van der Waals surface area contributed by atoms with Gasteiger partial charge in [-0.3, -0.25) is 4.99 Å². The number of hydrogen-bond acceptors (Lipinski definition) is 4. The average Bonchev–Trinajstić information content (AvgIpc) is 3.18. The SMILES string of the molecule is Cc1cc(-c2ccccc2)nc2cc(C3=NC(C4CCCCC4)=C4C=NC=C[N+]34N)ccc12. The van der Waals surface area contributed by atoms with Gasteiger partial charge in [0.15, 0.2) is 0 Å². The molecule has 164 valence electrons. The van der Waals surface area contributed by atoms with Crippen LogP contribution in [0.1, 0.15) is 43.2 Å². The predicted molar refractivity (Wildman–Crippen MR) is 134 cm³/mol. The topological polar surface area (TPSA) is 63.6 Å². The van der Waals surface area contributed by atoms with E-state index in [-0.39, 0.29) is 4.59 Å². The number of quaternary nitrogens is 1. The van der Waals surface area contributed by atoms with E-state index in [4.69, 9.17) is 15.8 Å². The molecule has 3 aromatic rings. The zero-order chi connectivity index (χ0) is 22.4. The molecule has 1 atom stereocenters. The van der Waals surface area contributed by atoms with Crippen LogP contribution >= 0.6 is 0 Å². The van der Waals surface area contributed by atoms with Gasteiger partial charge in [0.2, 0.25) is 5.70 Å². The van der Waals surface area contributed by atoms with Gasteiger partial charge in [0, 0.05) is 16.9 Å². The second-order valence-corrected chi connectivity index (χ2v) is 9.32. The second kappa shape index (κ2) is 7.87. The molecule has 2 N–H and O–H groups in total. The number of aliphatic imine (C=N–C) groups is 2. The molecule has 6 rings (SSSR count). The van der Waals surface area contributed by atoms with Crippen molar-refractivity contribution in [2.45, 2.75) is 39.0 Å². The number of nitrogens with two attached hydrogens (primary N) is 1. The van der Waals surface area contributed by atoms with Gasteiger partial charge >= 0.3 is 0 Å². The zero-order valence-corrected chi connectivity index (χ0v) is 18.9. The maximum absolute atomic E-state index is 6.98. The van der Waals surface area contributed by atoms with E-state index in [0.29, 0.717) is 5.92 Å². The lowest BCUT2D eigenvalue weighted by molar-refractivity contribution is -0.750. The van der Waals surface area contributed by atoms with Crippen LogP contribution in [0.5, 0.6) is 0 Å². The van der Waals surface area contributed by atoms with E-state index in [2.05, 4.69) is 48.3 Å². The molecule has 1 saturated carbocycles. The summed E-state index contributed by atoms with van der Waals surface area (Å²) in [6.07, 6.45) is 11.8. The van der Waals surface area contributed by atoms with Crippen molar-refractivity contribution in [1.29, 1.82) is 0 Å². The Morgan fingerprint density at radius 1 is 0.939 bits per heavy atom. The van der Waals surface area contributed by atoms with Crippen molar-refractivity contribution in [3.8, 4) is 11.3 Å². The monoisotopic (exact) mass is 434 g/mol. The molecule has 0 radical (unpaired) electrons. The molecule has 33 heavy (non-hydrogen) atoms. The van der Waals surface area contributed by atoms with Crippen LogP contribution in [0, 0.1) is 12.8 Å². The molecule has 0 spiro atoms. The molecule has 2 aliphatic heterocycles. The molecular weight excluding hydrogens is 406 g/mol. The zero-order valence-electron chi connectivity index (χ0n) is 18.9. The predicted octanol–water partition coefficient (Wildman–Crippen LogP) is 6.01. The number of benzene rings is 2. The van der Waals surface area contributed by atoms with Crippen LogP contribution in [0.15, 0.2) is 88.4 Å². The number of hydrogen-bond donors (Lipinski definition) is 1. The summed E-state index contributed by atoms with van der Waals surface area (Å²) in [6, 6.07) is 18.9. The van der Waals surface area contributed by atoms with Crippen molar-refractivity contribution in [2.24, 2.45) is 21.7 Å². The van der Waals surface area contributed by atoms with Crippen LogP contribution in [-0.2, 0) is 0 Å². The minimum atomic E-state index is 0.0815. The fraction of sp³-hybridized carbons (Fsp3) is 0.250. The van der Waals surface area contributed by atoms with Gasteiger partial charge in [-0.25, -0.2) is 4.98 Å². The molecule has 5 heteroatoms. The van der Waals surface area contributed by atoms with Gasteiger partial charge in [-0.05, 0) is 43.5 Å². The van der Waals surface area contributed by atoms with Crippen molar-refractivity contribution in [3.63, 3.8) is 0 Å². The maximum Gasteiger partial charge on any atom is 0.264 e. The molecule has 0 amide bonds. The summed E-state index contributed by atoms with van der Waals surface area (Å²) >= 11 is 0. The summed E-state index contributed by atoms with van der Waals surface area (Å²) in [7, 11) is 0. The summed E-state index contributed by atoms with van der Waals surface area (Å²) in [5, 5.41) is 1.15. The summed E-state index contributed by atoms with van der Waals surface area (Å²) in [4.78, 5) is 14.6. The van der Waals surface area contributed by atoms with Crippen molar-refractivity contribution in [3.05, 3.63) is 89.5 Å². The number of rotatable bonds is 3. The Kier molecular flexibility index (Phi) is 4.82. The van der Waals surface area contributed by atoms with Gasteiger partial charge in [-0.15, -0.1) is 4.59 Å². The third-order valence-corrected chi connectivity index (χ3v) is 7.16. The Hall–Kier alpha value is -3.41. The maximum atomic E-state index is 6.98. The van der Waals surface area contributed by atoms with Gasteiger partial charge in [-0.1, -0.05) is 55.7 Å². The smallest absolute Gasteiger partial charge is 0.253 e. The summed E-state index contributed by atoms with van der Waals surface area (Å²) in [5.41, 5.74) is 7.39. The molecule has 1 unspecified atom stereocenters. The van der Waals surface area contributed by atoms with Crippen LogP contribution in [0.25, 0.3) is 22.2 Å². The van der Waals surface area contributed by atoms with Crippen LogP contribution < -0.4 is 5.84 Å². The lowest BCUT2D eigenvalue weighted by Gasteiger charge is -2.27. The van der Waals surface area contributed by atoms with Crippen LogP contribution in [-0.4, -0.2) is 21.6 Å². The minimum absolute atomic E-state index is 0.0815. The first-order valence-electron chi connectivity index (χ1n) is 11.8. The molecule has 1 aromatic heterocycles. The van der Waals surface area contributed by atoms with E-state index in [9.17, 15) is 0 Å². The number of pyridine rings is 1. The molecule has 1 fully saturated rings. The Labute approximate surface area is 194 Å². The van der Waals surface area contributed by atoms with Gasteiger partial charge in [-0.2, -0.15) is 10.8 Å². The highest BCUT2D eigenvalue weighted by Gasteiger charge is 2.45. The highest BCUT2D eigenvalue weighted by atomic mass is 15.6. The number of aromatic nitrogens is 1. The van der Waals surface area contributed by atoms with Gasteiger partial charge in [0.05, 0.1) is 29.2 Å². The number of allylic oxidation sites excluding steroid dienone is 2. The van der Waals surface area contributed by atoms with Crippen molar-refractivity contribution in [1.82, 2.24) is 4.98 Å². The Balaban J connectivity index is 1.47. The quantitative estimate of drug-likeness (QED) is 0.405. The van der Waals surface area contributed by atoms with E-state index in [1.165, 1.54) is 37.7 Å². The van der Waals surface area contributed by atoms with E-state index < -0.39 is 0 Å². The first kappa shape index (κ1) is 20.2. The summed E-state index contributed by atoms with van der Waals surface area (Å²) < 4.78 is 0.0815. The van der Waals surface area contributed by atoms with E-state index in [1.54, 1.807) is 6.20 Å². The third-order valence-electron chi connectivity index (χ3n) is 7.16. The summed E-state index contributed by atoms with van der Waals surface area (Å²) in [5.74, 6) is 8.28. The normalized spacial score (nSPS) is 22.7. The lowest BCUT2D eigenvalue weighted by atomic mass is 9.86. The van der Waals surface area contributed by atoms with E-state index >= 15 is 0 Å². The second-order valence-electron chi connectivity index (χ2n) is 9.32. The highest BCUT2D eigenvalue weighted by molar-refractivity contribution is 6.03. The van der Waals surface area contributed by atoms with Crippen LogP contribution in [0.4, 0.5) is 0 Å². The largest absolute Gasteiger partial charge is 0.264 e. The van der Waals surface area contributed by atoms with Gasteiger partial charge < -0.3 is 0 Å². The lowest BCUT2D eigenvalue weighted by Crippen LogP contribution is -2.53. The highest BCUT2D eigenvalue weighted by Crippen LogP contribution is 2.40. The molecule has 0 saturated heterocycles. The van der Waals surface area contributed by atoms with Crippen molar-refractivity contribution < 1.29 is 4.59 Å². The number of fused-ring (bicyclic) bond motifs is 2. The van der Waals surface area contributed by atoms with Crippen LogP contribution in [0.2, 0.25) is 0 Å². The Morgan fingerprint density at radius 3 is 2.58 bits per heavy atom. The molecule has 3 heterocycles. The van der Waals surface area contributed by atoms with Crippen LogP contribution in [0.3, 0.4) is 0 Å². The number of nitrogens with zero attached hydrogens (tertiary/aromatic N) is 4. The third kappa shape index (κ3) is 3.36. The van der Waals surface area contributed by atoms with Crippen molar-refractivity contribution in [2.75, 3.05) is 0 Å². The standard InChI is InChI=1S/C28H28N5/c1-19-16-24(20-8-4-2-5-9-20)31-25-17-22(12-13-23(19)25)28-32-27(21-10-6-3-7-11-21)26-18-30-14-15-33(26,28)29/h2,4-5,8-9,12-18,21H,3,6-7,10-11,29H2,1H3/q+1. The first-order valence-corrected chi connectivity index (χ1v) is 11.8. The average molecular weight is 435 g/mol. The molecular formula is C28H28N5+. The molecule has 2 aromatic carbocycles. The van der Waals surface area contributed by atoms with Crippen molar-refractivity contribution >= 4 is 23.0 Å². The van der Waals surface area contributed by atoms with Gasteiger partial charge in [0.25, 0.3) is 5.84 Å². The Morgan fingerprint density at radius 2 is 1.76 bits per heavy atom. The molecule has 5 nitrogen and oxygen atoms in total. The summed E-state index contributed by atoms with van der Waals surface area (Å²) in [6.45, 7) is 2.14. The molecule has 1 aliphatic carbocycles. The fourth-order valence-electron chi connectivity index (χ4n) is 5.38. The van der Waals surface area contributed by atoms with Gasteiger partial charge in [0.1, 0.15) is 11.9 Å². The number of amidine groups is 1. The number of aryl methyl sites for hydroxylation is 1. The first-order chi connectivity index (χ1) is 16.1. The molecule has 3 aliphatic rings. The minimum Gasteiger partial charge on any atom is -0.253 e. The fourth-order valence-corrected chi connectivity index (χ4v) is 5.38. The Bertz CT molecular complexity index is 1360. The van der Waals surface area contributed by atoms with E-state index in [1.807, 2.05) is 30.6 Å².